The van der Waals surface area contributed by atoms with Gasteiger partial charge in [0.2, 0.25) is 0 Å². The number of benzene rings is 6. The average molecular weight is 713 g/mol. The number of ketones is 2. The molecule has 1 heterocycles. The Morgan fingerprint density at radius 2 is 0.592 bits per heavy atom. The number of thioether (sulfide) groups is 2. The minimum atomic E-state index is -3.20. The van der Waals surface area contributed by atoms with Crippen molar-refractivity contribution in [3.05, 3.63) is 192 Å². The van der Waals surface area contributed by atoms with E-state index in [2.05, 4.69) is 182 Å². The van der Waals surface area contributed by atoms with E-state index in [0.717, 1.165) is 4.24 Å². The van der Waals surface area contributed by atoms with Crippen molar-refractivity contribution in [1.82, 2.24) is 0 Å². The van der Waals surface area contributed by atoms with Crippen LogP contribution in [0, 0.1) is 0 Å². The topological polar surface area (TPSA) is 34.1 Å². The Bertz CT molecular complexity index is 1760. The molecule has 0 bridgehead atoms. The van der Waals surface area contributed by atoms with Gasteiger partial charge in [0.05, 0.1) is 0 Å². The van der Waals surface area contributed by atoms with Gasteiger partial charge in [0.25, 0.3) is 0 Å². The van der Waals surface area contributed by atoms with E-state index in [1.165, 1.54) is 45.7 Å². The van der Waals surface area contributed by atoms with Crippen molar-refractivity contribution in [3.63, 3.8) is 0 Å². The van der Waals surface area contributed by atoms with Crippen LogP contribution in [0.25, 0.3) is 0 Å². The molecule has 6 aromatic carbocycles. The molecule has 2 nitrogen and oxygen atoms in total. The molecule has 0 aromatic heterocycles. The third-order valence-electron chi connectivity index (χ3n) is 9.61. The van der Waals surface area contributed by atoms with Crippen LogP contribution in [0.15, 0.2) is 192 Å². The Kier molecular flexibility index (Phi) is 9.60. The van der Waals surface area contributed by atoms with Crippen LogP contribution in [0.4, 0.5) is 0 Å². The molecule has 0 N–H and O–H groups in total. The Labute approximate surface area is 298 Å². The fourth-order valence-corrected chi connectivity index (χ4v) is 32.2. The number of Topliss-reactive ketones (excluding diaryl/α,β-unsaturated/α-hetero) is 2. The molecule has 0 aliphatic carbocycles. The molecule has 0 saturated carbocycles. The number of carbonyl (C=O) groups is 2. The summed E-state index contributed by atoms with van der Waals surface area (Å²) in [5, 5.41) is 7.74. The summed E-state index contributed by atoms with van der Waals surface area (Å²) >= 11 is 3.59. The predicted molar refractivity (Wildman–Crippen MR) is 219 cm³/mol. The van der Waals surface area contributed by atoms with Crippen LogP contribution < -0.4 is 31.8 Å². The maximum atomic E-state index is 13.3. The van der Waals surface area contributed by atoms with E-state index >= 15 is 0 Å². The molecule has 6 aromatic rings. The number of carbonyl (C=O) groups excluding carboxylic acids is 2. The van der Waals surface area contributed by atoms with E-state index in [1.54, 1.807) is 23.5 Å². The molecule has 1 aliphatic rings. The van der Waals surface area contributed by atoms with Crippen molar-refractivity contribution in [2.45, 2.75) is 17.4 Å². The van der Waals surface area contributed by atoms with Crippen molar-refractivity contribution in [1.29, 1.82) is 0 Å². The molecular weight excluding hydrogens is 675 g/mol. The molecule has 1 aliphatic heterocycles. The second kappa shape index (κ2) is 14.1. The van der Waals surface area contributed by atoms with E-state index in [0.29, 0.717) is 5.57 Å². The van der Waals surface area contributed by atoms with Gasteiger partial charge in [0.1, 0.15) is 0 Å². The van der Waals surface area contributed by atoms with Crippen molar-refractivity contribution in [2.75, 3.05) is 0 Å². The maximum absolute atomic E-state index is 13.3. The molecule has 0 unspecified atom stereocenters. The Morgan fingerprint density at radius 3 is 0.776 bits per heavy atom. The van der Waals surface area contributed by atoms with Crippen LogP contribution in [-0.2, 0) is 9.59 Å². The molecule has 244 valence electrons. The van der Waals surface area contributed by atoms with Crippen molar-refractivity contribution < 1.29 is 9.59 Å². The third-order valence-corrected chi connectivity index (χ3v) is 28.3. The summed E-state index contributed by atoms with van der Waals surface area (Å²) in [5.74, 6) is -0.372. The molecule has 0 radical (unpaired) electrons. The van der Waals surface area contributed by atoms with Crippen LogP contribution in [0.1, 0.15) is 13.8 Å². The predicted octanol–water partition coefficient (Wildman–Crippen LogP) is 7.92. The second-order valence-corrected chi connectivity index (χ2v) is 25.2. The first-order valence-electron chi connectivity index (χ1n) is 16.4. The van der Waals surface area contributed by atoms with E-state index in [-0.39, 0.29) is 11.6 Å². The first-order chi connectivity index (χ1) is 24.0. The monoisotopic (exact) mass is 712 g/mol. The van der Waals surface area contributed by atoms with Gasteiger partial charge in [-0.25, -0.2) is 0 Å². The van der Waals surface area contributed by atoms with Gasteiger partial charge in [0.15, 0.2) is 0 Å². The first-order valence-corrected chi connectivity index (χ1v) is 22.1. The Balaban J connectivity index is 1.77. The molecule has 6 heteroatoms. The van der Waals surface area contributed by atoms with Gasteiger partial charge < -0.3 is 0 Å². The van der Waals surface area contributed by atoms with Crippen LogP contribution >= 0.6 is 38.0 Å². The van der Waals surface area contributed by atoms with Gasteiger partial charge in [-0.2, -0.15) is 0 Å². The van der Waals surface area contributed by atoms with Gasteiger partial charge in [0, 0.05) is 0 Å². The zero-order valence-electron chi connectivity index (χ0n) is 27.5. The second-order valence-electron chi connectivity index (χ2n) is 12.3. The first kappa shape index (κ1) is 33.5. The van der Waals surface area contributed by atoms with Crippen molar-refractivity contribution in [3.8, 4) is 0 Å². The molecule has 0 atom stereocenters. The van der Waals surface area contributed by atoms with E-state index in [1.807, 2.05) is 0 Å². The van der Waals surface area contributed by atoms with Gasteiger partial charge in [-0.15, -0.1) is 0 Å². The van der Waals surface area contributed by atoms with Gasteiger partial charge >= 0.3 is 300 Å². The van der Waals surface area contributed by atoms with Crippen molar-refractivity contribution >= 4 is 81.4 Å². The summed E-state index contributed by atoms with van der Waals surface area (Å²) in [6.07, 6.45) is 0. The van der Waals surface area contributed by atoms with Crippen LogP contribution in [0.2, 0.25) is 0 Å². The standard InChI is InChI=1S/C43H38O2P2S2/c1-33(44)41(34(2)45)42-48-43(49-42,46(35-21-9-3-10-22-35,36-23-11-4-12-24-36)37-25-13-5-14-26-37)47(38-27-15-6-16-28-38,39-29-17-7-18-30-39)40-31-19-8-20-32-40/h3-32,46-47H,1-2H3. The van der Waals surface area contributed by atoms with E-state index < -0.39 is 18.1 Å². The zero-order chi connectivity index (χ0) is 33.9. The van der Waals surface area contributed by atoms with Gasteiger partial charge in [-0.3, -0.25) is 0 Å². The third kappa shape index (κ3) is 5.38. The number of hydrogen-bond donors (Lipinski definition) is 0. The summed E-state index contributed by atoms with van der Waals surface area (Å²) in [6.45, 7) is 3.05. The normalized spacial score (nSPS) is 16.7. The molecule has 1 fully saturated rings. The summed E-state index contributed by atoms with van der Waals surface area (Å²) in [4.78, 5) is 26.5. The SMILES string of the molecule is CC(=O)C(C(C)=O)=C1SC([PH](c2ccccc2)(c2ccccc2)c2ccccc2)([PH](c2ccccc2)(c2ccccc2)c2ccccc2)S1. The molecule has 49 heavy (non-hydrogen) atoms. The Hall–Kier alpha value is -4.04. The van der Waals surface area contributed by atoms with Crippen molar-refractivity contribution in [2.24, 2.45) is 0 Å². The average Bonchev–Trinajstić information content (AvgIpc) is 3.14. The molecule has 7 rings (SSSR count). The summed E-state index contributed by atoms with van der Waals surface area (Å²) in [5.41, 5.74) is 0.305. The fraction of sp³-hybridized carbons (Fsp3) is 0.0698. The number of rotatable bonds is 10. The van der Waals surface area contributed by atoms with Crippen LogP contribution in [-0.4, -0.2) is 15.1 Å². The molecule has 0 spiro atoms. The fourth-order valence-electron chi connectivity index (χ4n) is 7.76. The number of allylic oxidation sites excluding steroid dienone is 1. The zero-order valence-corrected chi connectivity index (χ0v) is 31.1. The molecule has 0 amide bonds. The summed E-state index contributed by atoms with van der Waals surface area (Å²) in [6, 6.07) is 66.3. The van der Waals surface area contributed by atoms with Crippen LogP contribution in [0.5, 0.6) is 0 Å². The van der Waals surface area contributed by atoms with Gasteiger partial charge in [-0.1, -0.05) is 0 Å². The van der Waals surface area contributed by atoms with Gasteiger partial charge in [-0.05, 0) is 0 Å². The summed E-state index contributed by atoms with van der Waals surface area (Å²) in [7, 11) is -6.40. The molecular formula is C43H38O2P2S2. The quantitative estimate of drug-likeness (QED) is 0.0626. The van der Waals surface area contributed by atoms with Crippen LogP contribution in [0.3, 0.4) is 0 Å². The summed E-state index contributed by atoms with van der Waals surface area (Å²) < 4.78 is 0.263. The van der Waals surface area contributed by atoms with E-state index in [9.17, 15) is 9.59 Å². The van der Waals surface area contributed by atoms with E-state index in [4.69, 9.17) is 0 Å². The molecule has 1 saturated heterocycles. The Morgan fingerprint density at radius 1 is 0.388 bits per heavy atom. The minimum absolute atomic E-state index is 0.186. The number of hydrogen-bond acceptors (Lipinski definition) is 4.